The van der Waals surface area contributed by atoms with Crippen LogP contribution in [0.15, 0.2) is 140 Å². The summed E-state index contributed by atoms with van der Waals surface area (Å²) in [6, 6.07) is 47.4. The standard InChI is InChI=1S/C35H23N3/c1-3-11-26(12-4-1)37-31-17-9-7-15-28(31)30-21-24(19-20-33(30)37)25-22-34-35(36-23-25)29-16-8-10-18-32(29)38(34)27-13-5-2-6-14-27/h1-23H. The average molecular weight is 486 g/mol. The highest BCUT2D eigenvalue weighted by atomic mass is 15.0. The van der Waals surface area contributed by atoms with E-state index < -0.39 is 0 Å². The first-order chi connectivity index (χ1) is 18.9. The molecular formula is C35H23N3. The molecule has 3 nitrogen and oxygen atoms in total. The van der Waals surface area contributed by atoms with Crippen LogP contribution in [0.4, 0.5) is 0 Å². The quantitative estimate of drug-likeness (QED) is 0.245. The molecule has 0 amide bonds. The maximum Gasteiger partial charge on any atom is 0.0963 e. The predicted molar refractivity (Wildman–Crippen MR) is 158 cm³/mol. The number of aromatic nitrogens is 3. The molecule has 178 valence electrons. The van der Waals surface area contributed by atoms with Crippen LogP contribution < -0.4 is 0 Å². The van der Waals surface area contributed by atoms with E-state index in [1.807, 2.05) is 6.20 Å². The molecule has 0 saturated carbocycles. The van der Waals surface area contributed by atoms with Crippen molar-refractivity contribution < 1.29 is 0 Å². The van der Waals surface area contributed by atoms with E-state index in [4.69, 9.17) is 4.98 Å². The maximum absolute atomic E-state index is 5.00. The number of hydrogen-bond donors (Lipinski definition) is 0. The van der Waals surface area contributed by atoms with Gasteiger partial charge in [0.15, 0.2) is 0 Å². The van der Waals surface area contributed by atoms with Crippen LogP contribution in [0.1, 0.15) is 0 Å². The third-order valence-electron chi connectivity index (χ3n) is 7.54. The molecular weight excluding hydrogens is 462 g/mol. The molecule has 38 heavy (non-hydrogen) atoms. The van der Waals surface area contributed by atoms with Crippen LogP contribution in [0.5, 0.6) is 0 Å². The van der Waals surface area contributed by atoms with Gasteiger partial charge in [-0.1, -0.05) is 78.9 Å². The normalized spacial score (nSPS) is 11.7. The Hall–Kier alpha value is -5.15. The number of nitrogens with zero attached hydrogens (tertiary/aromatic N) is 3. The van der Waals surface area contributed by atoms with Gasteiger partial charge in [-0.2, -0.15) is 0 Å². The highest BCUT2D eigenvalue weighted by Gasteiger charge is 2.16. The SMILES string of the molecule is c1ccc(-n2c3ccccc3c3cc(-c4cnc5c6ccccc6n(-c6ccccc6)c5c4)ccc32)cc1. The van der Waals surface area contributed by atoms with Gasteiger partial charge < -0.3 is 9.13 Å². The van der Waals surface area contributed by atoms with Crippen LogP contribution in [0.25, 0.3) is 66.2 Å². The molecule has 0 aliphatic carbocycles. The van der Waals surface area contributed by atoms with Crippen molar-refractivity contribution in [1.29, 1.82) is 0 Å². The van der Waals surface area contributed by atoms with Crippen molar-refractivity contribution in [3.63, 3.8) is 0 Å². The summed E-state index contributed by atoms with van der Waals surface area (Å²) in [5.74, 6) is 0. The smallest absolute Gasteiger partial charge is 0.0963 e. The van der Waals surface area contributed by atoms with Gasteiger partial charge in [-0.25, -0.2) is 0 Å². The minimum Gasteiger partial charge on any atom is -0.309 e. The number of pyridine rings is 1. The summed E-state index contributed by atoms with van der Waals surface area (Å²) < 4.78 is 4.67. The number of rotatable bonds is 3. The summed E-state index contributed by atoms with van der Waals surface area (Å²) in [6.07, 6.45) is 2.02. The summed E-state index contributed by atoms with van der Waals surface area (Å²) in [5, 5.41) is 3.66. The van der Waals surface area contributed by atoms with Crippen molar-refractivity contribution in [1.82, 2.24) is 14.1 Å². The first-order valence-electron chi connectivity index (χ1n) is 12.9. The van der Waals surface area contributed by atoms with E-state index in [1.54, 1.807) is 0 Å². The molecule has 5 aromatic carbocycles. The summed E-state index contributed by atoms with van der Waals surface area (Å²) >= 11 is 0. The van der Waals surface area contributed by atoms with E-state index in [0.29, 0.717) is 0 Å². The Morgan fingerprint density at radius 1 is 0.395 bits per heavy atom. The van der Waals surface area contributed by atoms with E-state index in [-0.39, 0.29) is 0 Å². The molecule has 0 fully saturated rings. The number of hydrogen-bond acceptors (Lipinski definition) is 1. The van der Waals surface area contributed by atoms with E-state index in [9.17, 15) is 0 Å². The zero-order chi connectivity index (χ0) is 25.1. The van der Waals surface area contributed by atoms with Crippen LogP contribution >= 0.6 is 0 Å². The van der Waals surface area contributed by atoms with Crippen LogP contribution in [-0.4, -0.2) is 14.1 Å². The lowest BCUT2D eigenvalue weighted by Crippen LogP contribution is -1.94. The van der Waals surface area contributed by atoms with Crippen molar-refractivity contribution in [2.24, 2.45) is 0 Å². The zero-order valence-electron chi connectivity index (χ0n) is 20.6. The summed E-state index contributed by atoms with van der Waals surface area (Å²) in [5.41, 5.74) is 10.3. The lowest BCUT2D eigenvalue weighted by molar-refractivity contribution is 1.17. The molecule has 3 heteroatoms. The van der Waals surface area contributed by atoms with Gasteiger partial charge in [0, 0.05) is 39.3 Å². The van der Waals surface area contributed by atoms with Crippen LogP contribution in [0.3, 0.4) is 0 Å². The molecule has 8 aromatic rings. The third-order valence-corrected chi connectivity index (χ3v) is 7.54. The Balaban J connectivity index is 1.38. The fourth-order valence-electron chi connectivity index (χ4n) is 5.85. The molecule has 0 aliphatic heterocycles. The van der Waals surface area contributed by atoms with Crippen molar-refractivity contribution in [2.75, 3.05) is 0 Å². The fraction of sp³-hybridized carbons (Fsp3) is 0. The topological polar surface area (TPSA) is 22.8 Å². The largest absolute Gasteiger partial charge is 0.309 e. The Kier molecular flexibility index (Phi) is 4.52. The first kappa shape index (κ1) is 21.0. The van der Waals surface area contributed by atoms with E-state index >= 15 is 0 Å². The fourth-order valence-corrected chi connectivity index (χ4v) is 5.85. The van der Waals surface area contributed by atoms with Crippen molar-refractivity contribution >= 4 is 43.7 Å². The predicted octanol–water partition coefficient (Wildman–Crippen LogP) is 8.94. The molecule has 0 aliphatic rings. The molecule has 0 unspecified atom stereocenters. The van der Waals surface area contributed by atoms with Crippen molar-refractivity contribution in [2.45, 2.75) is 0 Å². The van der Waals surface area contributed by atoms with Gasteiger partial charge in [0.05, 0.1) is 27.6 Å². The summed E-state index contributed by atoms with van der Waals surface area (Å²) in [6.45, 7) is 0. The van der Waals surface area contributed by atoms with Gasteiger partial charge >= 0.3 is 0 Å². The second kappa shape index (κ2) is 8.19. The van der Waals surface area contributed by atoms with Gasteiger partial charge in [-0.3, -0.25) is 4.98 Å². The average Bonchev–Trinajstić information content (AvgIpc) is 3.50. The molecule has 0 radical (unpaired) electrons. The molecule has 0 atom stereocenters. The minimum absolute atomic E-state index is 1.02. The molecule has 0 N–H and O–H groups in total. The van der Waals surface area contributed by atoms with E-state index in [0.717, 1.165) is 27.8 Å². The van der Waals surface area contributed by atoms with Gasteiger partial charge in [-0.15, -0.1) is 0 Å². The molecule has 3 heterocycles. The lowest BCUT2D eigenvalue weighted by Gasteiger charge is -2.09. The van der Waals surface area contributed by atoms with Gasteiger partial charge in [-0.05, 0) is 60.2 Å². The van der Waals surface area contributed by atoms with E-state index in [1.165, 1.54) is 38.4 Å². The van der Waals surface area contributed by atoms with Crippen LogP contribution in [0, 0.1) is 0 Å². The van der Waals surface area contributed by atoms with Crippen LogP contribution in [-0.2, 0) is 0 Å². The lowest BCUT2D eigenvalue weighted by atomic mass is 10.0. The zero-order valence-corrected chi connectivity index (χ0v) is 20.6. The molecule has 0 bridgehead atoms. The number of para-hydroxylation sites is 4. The highest BCUT2D eigenvalue weighted by Crippen LogP contribution is 2.37. The number of benzene rings is 5. The summed E-state index contributed by atoms with van der Waals surface area (Å²) in [7, 11) is 0. The van der Waals surface area contributed by atoms with Gasteiger partial charge in [0.1, 0.15) is 0 Å². The minimum atomic E-state index is 1.02. The third kappa shape index (κ3) is 3.06. The van der Waals surface area contributed by atoms with Crippen LogP contribution in [0.2, 0.25) is 0 Å². The monoisotopic (exact) mass is 485 g/mol. The Labute approximate surface area is 219 Å². The molecule has 0 spiro atoms. The first-order valence-corrected chi connectivity index (χ1v) is 12.9. The second-order valence-corrected chi connectivity index (χ2v) is 9.70. The van der Waals surface area contributed by atoms with Crippen molar-refractivity contribution in [3.8, 4) is 22.5 Å². The highest BCUT2D eigenvalue weighted by molar-refractivity contribution is 6.11. The summed E-state index contributed by atoms with van der Waals surface area (Å²) in [4.78, 5) is 5.00. The van der Waals surface area contributed by atoms with Gasteiger partial charge in [0.25, 0.3) is 0 Å². The molecule has 8 rings (SSSR count). The number of fused-ring (bicyclic) bond motifs is 6. The Morgan fingerprint density at radius 2 is 0.947 bits per heavy atom. The Morgan fingerprint density at radius 3 is 1.66 bits per heavy atom. The molecule has 0 saturated heterocycles. The second-order valence-electron chi connectivity index (χ2n) is 9.70. The van der Waals surface area contributed by atoms with Gasteiger partial charge in [0.2, 0.25) is 0 Å². The maximum atomic E-state index is 5.00. The van der Waals surface area contributed by atoms with E-state index in [2.05, 4.69) is 143 Å². The Bertz CT molecular complexity index is 2120. The molecule has 3 aromatic heterocycles. The van der Waals surface area contributed by atoms with Crippen molar-refractivity contribution in [3.05, 3.63) is 140 Å².